The van der Waals surface area contributed by atoms with Gasteiger partial charge in [0.1, 0.15) is 0 Å². The lowest BCUT2D eigenvalue weighted by Gasteiger charge is -2.37. The summed E-state index contributed by atoms with van der Waals surface area (Å²) in [6.07, 6.45) is 2.89. The van der Waals surface area contributed by atoms with Gasteiger partial charge in [0.15, 0.2) is 0 Å². The van der Waals surface area contributed by atoms with Crippen LogP contribution in [0.4, 0.5) is 0 Å². The minimum atomic E-state index is 0.350. The van der Waals surface area contributed by atoms with Crippen molar-refractivity contribution in [2.24, 2.45) is 5.41 Å². The maximum absolute atomic E-state index is 5.70. The number of piperidine rings is 1. The first-order valence-corrected chi connectivity index (χ1v) is 7.50. The first-order valence-electron chi connectivity index (χ1n) is 7.50. The number of nitrogens with zero attached hydrogens (tertiary/aromatic N) is 1. The van der Waals surface area contributed by atoms with Crippen molar-refractivity contribution in [3.63, 3.8) is 0 Å². The van der Waals surface area contributed by atoms with Crippen LogP contribution in [0.2, 0.25) is 0 Å². The van der Waals surface area contributed by atoms with Crippen LogP contribution in [0.3, 0.4) is 0 Å². The van der Waals surface area contributed by atoms with Crippen LogP contribution in [0.15, 0.2) is 0 Å². The molecule has 1 fully saturated rings. The average Bonchev–Trinajstić information content (AvgIpc) is 2.29. The molecule has 0 aromatic heterocycles. The van der Waals surface area contributed by atoms with Crippen LogP contribution in [0.5, 0.6) is 0 Å². The van der Waals surface area contributed by atoms with Crippen LogP contribution < -0.4 is 5.32 Å². The molecule has 1 saturated heterocycles. The molecule has 0 aromatic rings. The highest BCUT2D eigenvalue weighted by molar-refractivity contribution is 4.80. The molecule has 0 bridgehead atoms. The molecular weight excluding hydrogens is 224 g/mol. The molecule has 0 aliphatic carbocycles. The number of rotatable bonds is 7. The Hall–Kier alpha value is -0.120. The van der Waals surface area contributed by atoms with Crippen molar-refractivity contribution in [2.75, 3.05) is 32.8 Å². The van der Waals surface area contributed by atoms with Crippen molar-refractivity contribution < 1.29 is 4.74 Å². The molecular formula is C15H32N2O. The van der Waals surface area contributed by atoms with Crippen molar-refractivity contribution in [1.29, 1.82) is 0 Å². The number of likely N-dealkylation sites (tertiary alicyclic amines) is 1. The minimum Gasteiger partial charge on any atom is -0.378 e. The molecule has 1 rings (SSSR count). The van der Waals surface area contributed by atoms with Crippen LogP contribution in [0.25, 0.3) is 0 Å². The molecule has 0 amide bonds. The third-order valence-electron chi connectivity index (χ3n) is 3.58. The lowest BCUT2D eigenvalue weighted by molar-refractivity contribution is 0.00647. The van der Waals surface area contributed by atoms with Crippen LogP contribution in [0, 0.1) is 5.41 Å². The molecule has 3 nitrogen and oxygen atoms in total. The van der Waals surface area contributed by atoms with Gasteiger partial charge >= 0.3 is 0 Å². The quantitative estimate of drug-likeness (QED) is 0.757. The Bertz CT molecular complexity index is 221. The minimum absolute atomic E-state index is 0.350. The summed E-state index contributed by atoms with van der Waals surface area (Å²) >= 11 is 0. The largest absolute Gasteiger partial charge is 0.378 e. The summed E-state index contributed by atoms with van der Waals surface area (Å²) < 4.78 is 5.70. The number of ether oxygens (including phenoxy) is 1. The summed E-state index contributed by atoms with van der Waals surface area (Å²) in [7, 11) is 0. The molecule has 1 aliphatic heterocycles. The highest BCUT2D eigenvalue weighted by atomic mass is 16.5. The number of nitrogens with one attached hydrogen (secondary N) is 1. The van der Waals surface area contributed by atoms with Gasteiger partial charge in [-0.1, -0.05) is 27.7 Å². The fourth-order valence-corrected chi connectivity index (χ4v) is 2.61. The van der Waals surface area contributed by atoms with Gasteiger partial charge in [-0.15, -0.1) is 0 Å². The Balaban J connectivity index is 2.26. The zero-order valence-electron chi connectivity index (χ0n) is 13.0. The Labute approximate surface area is 113 Å². The van der Waals surface area contributed by atoms with Gasteiger partial charge in [0.05, 0.1) is 6.10 Å². The smallest absolute Gasteiger partial charge is 0.0599 e. The summed E-state index contributed by atoms with van der Waals surface area (Å²) in [6.45, 7) is 16.7. The molecule has 0 radical (unpaired) electrons. The summed E-state index contributed by atoms with van der Waals surface area (Å²) in [5.74, 6) is 0. The normalized spacial score (nSPS) is 19.7. The molecule has 1 heterocycles. The fourth-order valence-electron chi connectivity index (χ4n) is 2.61. The number of hydrogen-bond donors (Lipinski definition) is 1. The van der Waals surface area contributed by atoms with E-state index in [2.05, 4.69) is 44.8 Å². The van der Waals surface area contributed by atoms with E-state index in [9.17, 15) is 0 Å². The SMILES string of the molecule is CCOC1CCN(CC(C)(C)CNC(C)C)CC1. The maximum atomic E-state index is 5.70. The predicted molar refractivity (Wildman–Crippen MR) is 78.0 cm³/mol. The van der Waals surface area contributed by atoms with E-state index in [1.807, 2.05) is 0 Å². The van der Waals surface area contributed by atoms with Gasteiger partial charge in [-0.3, -0.25) is 0 Å². The van der Waals surface area contributed by atoms with Crippen molar-refractivity contribution >= 4 is 0 Å². The maximum Gasteiger partial charge on any atom is 0.0599 e. The fraction of sp³-hybridized carbons (Fsp3) is 1.00. The topological polar surface area (TPSA) is 24.5 Å². The zero-order chi connectivity index (χ0) is 13.6. The Morgan fingerprint density at radius 1 is 1.28 bits per heavy atom. The van der Waals surface area contributed by atoms with Crippen molar-refractivity contribution in [3.8, 4) is 0 Å². The van der Waals surface area contributed by atoms with Gasteiger partial charge in [0.25, 0.3) is 0 Å². The van der Waals surface area contributed by atoms with Gasteiger partial charge in [-0.25, -0.2) is 0 Å². The molecule has 0 saturated carbocycles. The van der Waals surface area contributed by atoms with Crippen LogP contribution in [0.1, 0.15) is 47.5 Å². The highest BCUT2D eigenvalue weighted by Crippen LogP contribution is 2.20. The van der Waals surface area contributed by atoms with Gasteiger partial charge in [-0.2, -0.15) is 0 Å². The monoisotopic (exact) mass is 256 g/mol. The first-order chi connectivity index (χ1) is 8.43. The number of hydrogen-bond acceptors (Lipinski definition) is 3. The summed E-state index contributed by atoms with van der Waals surface area (Å²) in [5.41, 5.74) is 0.350. The molecule has 0 aromatic carbocycles. The average molecular weight is 256 g/mol. The van der Waals surface area contributed by atoms with E-state index >= 15 is 0 Å². The second-order valence-electron chi connectivity index (χ2n) is 6.63. The van der Waals surface area contributed by atoms with E-state index in [1.165, 1.54) is 32.5 Å². The molecule has 1 N–H and O–H groups in total. The molecule has 0 atom stereocenters. The second-order valence-corrected chi connectivity index (χ2v) is 6.63. The van der Waals surface area contributed by atoms with E-state index in [0.717, 1.165) is 13.2 Å². The van der Waals surface area contributed by atoms with E-state index in [-0.39, 0.29) is 0 Å². The van der Waals surface area contributed by atoms with Gasteiger partial charge in [0, 0.05) is 38.8 Å². The third kappa shape index (κ3) is 6.17. The summed E-state index contributed by atoms with van der Waals surface area (Å²) in [4.78, 5) is 2.59. The molecule has 3 heteroatoms. The first kappa shape index (κ1) is 15.9. The van der Waals surface area contributed by atoms with E-state index in [1.54, 1.807) is 0 Å². The van der Waals surface area contributed by atoms with Crippen LogP contribution >= 0.6 is 0 Å². The standard InChI is InChI=1S/C15H32N2O/c1-6-18-14-7-9-17(10-8-14)12-15(4,5)11-16-13(2)3/h13-14,16H,6-12H2,1-5H3. The van der Waals surface area contributed by atoms with Gasteiger partial charge < -0.3 is 15.0 Å². The van der Waals surface area contributed by atoms with Gasteiger partial charge in [0.2, 0.25) is 0 Å². The van der Waals surface area contributed by atoms with E-state index in [0.29, 0.717) is 17.6 Å². The van der Waals surface area contributed by atoms with Crippen molar-refractivity contribution in [3.05, 3.63) is 0 Å². The Morgan fingerprint density at radius 2 is 1.89 bits per heavy atom. The molecule has 0 spiro atoms. The molecule has 1 aliphatic rings. The van der Waals surface area contributed by atoms with Crippen molar-refractivity contribution in [2.45, 2.75) is 59.6 Å². The lowest BCUT2D eigenvalue weighted by atomic mass is 9.91. The third-order valence-corrected chi connectivity index (χ3v) is 3.58. The van der Waals surface area contributed by atoms with E-state index < -0.39 is 0 Å². The zero-order valence-corrected chi connectivity index (χ0v) is 13.0. The van der Waals surface area contributed by atoms with Crippen molar-refractivity contribution in [1.82, 2.24) is 10.2 Å². The summed E-state index contributed by atoms with van der Waals surface area (Å²) in [6, 6.07) is 0.577. The Morgan fingerprint density at radius 3 is 2.39 bits per heavy atom. The van der Waals surface area contributed by atoms with Crippen LogP contribution in [-0.4, -0.2) is 49.8 Å². The molecule has 18 heavy (non-hydrogen) atoms. The highest BCUT2D eigenvalue weighted by Gasteiger charge is 2.25. The van der Waals surface area contributed by atoms with Gasteiger partial charge in [-0.05, 0) is 25.2 Å². The second kappa shape index (κ2) is 7.46. The van der Waals surface area contributed by atoms with Crippen LogP contribution in [-0.2, 0) is 4.74 Å². The Kier molecular flexibility index (Phi) is 6.61. The molecule has 108 valence electrons. The predicted octanol–water partition coefficient (Wildman–Crippen LogP) is 2.51. The van der Waals surface area contributed by atoms with E-state index in [4.69, 9.17) is 4.74 Å². The lowest BCUT2D eigenvalue weighted by Crippen LogP contribution is -2.45. The summed E-state index contributed by atoms with van der Waals surface area (Å²) in [5, 5.41) is 3.55. The molecule has 0 unspecified atom stereocenters.